The van der Waals surface area contributed by atoms with Gasteiger partial charge in [0.05, 0.1) is 13.2 Å². The van der Waals surface area contributed by atoms with Crippen molar-refractivity contribution >= 4 is 5.97 Å². The lowest BCUT2D eigenvalue weighted by Gasteiger charge is -2.07. The zero-order valence-electron chi connectivity index (χ0n) is 14.9. The van der Waals surface area contributed by atoms with E-state index in [2.05, 4.69) is 37.4 Å². The highest BCUT2D eigenvalue weighted by molar-refractivity contribution is 5.88. The number of hydrogen-bond acceptors (Lipinski definition) is 3. The van der Waals surface area contributed by atoms with Gasteiger partial charge in [0.15, 0.2) is 0 Å². The molecule has 130 valence electrons. The molecule has 3 nitrogen and oxygen atoms in total. The van der Waals surface area contributed by atoms with E-state index in [1.807, 2.05) is 19.1 Å². The number of esters is 1. The van der Waals surface area contributed by atoms with Gasteiger partial charge in [-0.3, -0.25) is 0 Å². The van der Waals surface area contributed by atoms with Crippen LogP contribution in [0.1, 0.15) is 19.4 Å². The number of carbonyl (C=O) groups excluding carboxylic acids is 1. The van der Waals surface area contributed by atoms with Crippen LogP contribution in [-0.4, -0.2) is 19.2 Å². The molecular formula is C22H24O3. The number of hydrogen-bond donors (Lipinski definition) is 0. The molecule has 0 aromatic heterocycles. The van der Waals surface area contributed by atoms with E-state index in [-0.39, 0.29) is 0 Å². The summed E-state index contributed by atoms with van der Waals surface area (Å²) in [6.07, 6.45) is 0.878. The van der Waals surface area contributed by atoms with Crippen LogP contribution in [0.25, 0.3) is 11.1 Å². The molecule has 2 aromatic rings. The van der Waals surface area contributed by atoms with E-state index in [4.69, 9.17) is 9.47 Å². The number of rotatable bonds is 8. The first-order valence-corrected chi connectivity index (χ1v) is 8.25. The average Bonchev–Trinajstić information content (AvgIpc) is 2.60. The maximum absolute atomic E-state index is 11.5. The number of ether oxygens (including phenoxy) is 2. The van der Waals surface area contributed by atoms with Crippen LogP contribution in [0.5, 0.6) is 5.75 Å². The summed E-state index contributed by atoms with van der Waals surface area (Å²) in [7, 11) is 0. The highest BCUT2D eigenvalue weighted by Crippen LogP contribution is 2.23. The molecule has 0 aliphatic heterocycles. The van der Waals surface area contributed by atoms with Gasteiger partial charge in [0.25, 0.3) is 0 Å². The summed E-state index contributed by atoms with van der Waals surface area (Å²) in [5, 5.41) is 0. The molecule has 0 fully saturated rings. The Morgan fingerprint density at radius 3 is 2.00 bits per heavy atom. The van der Waals surface area contributed by atoms with Crippen LogP contribution in [0, 0.1) is 0 Å². The largest absolute Gasteiger partial charge is 0.423 e. The summed E-state index contributed by atoms with van der Waals surface area (Å²) in [5.74, 6) is 0.106. The van der Waals surface area contributed by atoms with Crippen LogP contribution in [0.15, 0.2) is 72.8 Å². The van der Waals surface area contributed by atoms with Crippen LogP contribution in [0.3, 0.4) is 0 Å². The van der Waals surface area contributed by atoms with Crippen molar-refractivity contribution in [3.8, 4) is 16.9 Å². The quantitative estimate of drug-likeness (QED) is 0.224. The monoisotopic (exact) mass is 336 g/mol. The van der Waals surface area contributed by atoms with Crippen molar-refractivity contribution < 1.29 is 14.3 Å². The number of carbonyl (C=O) groups is 1. The minimum Gasteiger partial charge on any atom is -0.423 e. The molecule has 0 unspecified atom stereocenters. The van der Waals surface area contributed by atoms with Crippen molar-refractivity contribution in [3.05, 3.63) is 78.4 Å². The summed E-state index contributed by atoms with van der Waals surface area (Å²) < 4.78 is 10.7. The van der Waals surface area contributed by atoms with Crippen molar-refractivity contribution in [1.82, 2.24) is 0 Å². The Bertz CT molecular complexity index is 740. The molecule has 0 aliphatic carbocycles. The lowest BCUT2D eigenvalue weighted by molar-refractivity contribution is -0.130. The second-order valence-electron chi connectivity index (χ2n) is 6.15. The van der Waals surface area contributed by atoms with Gasteiger partial charge >= 0.3 is 5.97 Å². The average molecular weight is 336 g/mol. The first-order valence-electron chi connectivity index (χ1n) is 8.25. The summed E-state index contributed by atoms with van der Waals surface area (Å²) in [5.41, 5.74) is 4.83. The normalized spacial score (nSPS) is 10.3. The molecule has 0 bridgehead atoms. The maximum Gasteiger partial charge on any atom is 0.338 e. The van der Waals surface area contributed by atoms with Gasteiger partial charge < -0.3 is 9.47 Å². The molecule has 0 aliphatic rings. The summed E-state index contributed by atoms with van der Waals surface area (Å²) in [6, 6.07) is 15.8. The molecular weight excluding hydrogens is 312 g/mol. The lowest BCUT2D eigenvalue weighted by atomic mass is 10.0. The lowest BCUT2D eigenvalue weighted by Crippen LogP contribution is -2.07. The van der Waals surface area contributed by atoms with E-state index in [1.54, 1.807) is 19.1 Å². The minimum absolute atomic E-state index is 0.381. The third kappa shape index (κ3) is 6.05. The zero-order valence-corrected chi connectivity index (χ0v) is 14.9. The van der Waals surface area contributed by atoms with E-state index in [1.165, 1.54) is 5.56 Å². The van der Waals surface area contributed by atoms with Gasteiger partial charge in [-0.1, -0.05) is 55.1 Å². The molecule has 3 heteroatoms. The zero-order chi connectivity index (χ0) is 18.2. The fourth-order valence-electron chi connectivity index (χ4n) is 2.21. The van der Waals surface area contributed by atoms with Crippen molar-refractivity contribution in [2.45, 2.75) is 20.3 Å². The van der Waals surface area contributed by atoms with Crippen LogP contribution in [0.4, 0.5) is 0 Å². The third-order valence-electron chi connectivity index (χ3n) is 3.58. The van der Waals surface area contributed by atoms with Crippen molar-refractivity contribution in [2.24, 2.45) is 0 Å². The molecule has 25 heavy (non-hydrogen) atoms. The SMILES string of the molecule is C=C(C)COCCc1ccc(-c2ccc(OC(=O)C(=C)C)cc2)cc1. The second kappa shape index (κ2) is 9.00. The Morgan fingerprint density at radius 2 is 1.48 bits per heavy atom. The van der Waals surface area contributed by atoms with Crippen molar-refractivity contribution in [2.75, 3.05) is 13.2 Å². The van der Waals surface area contributed by atoms with E-state index in [0.29, 0.717) is 24.5 Å². The van der Waals surface area contributed by atoms with Gasteiger partial charge in [0.1, 0.15) is 5.75 Å². The van der Waals surface area contributed by atoms with Gasteiger partial charge in [0, 0.05) is 5.57 Å². The highest BCUT2D eigenvalue weighted by atomic mass is 16.5. The molecule has 0 atom stereocenters. The predicted molar refractivity (Wildman–Crippen MR) is 102 cm³/mol. The third-order valence-corrected chi connectivity index (χ3v) is 3.58. The molecule has 0 saturated carbocycles. The van der Waals surface area contributed by atoms with E-state index in [0.717, 1.165) is 23.1 Å². The van der Waals surface area contributed by atoms with Gasteiger partial charge in [-0.05, 0) is 49.1 Å². The molecule has 0 spiro atoms. The topological polar surface area (TPSA) is 35.5 Å². The first-order chi connectivity index (χ1) is 12.0. The van der Waals surface area contributed by atoms with Crippen LogP contribution < -0.4 is 4.74 Å². The molecule has 2 aromatic carbocycles. The Hall–Kier alpha value is -2.65. The Balaban J connectivity index is 1.94. The minimum atomic E-state index is -0.411. The van der Waals surface area contributed by atoms with Gasteiger partial charge in [-0.25, -0.2) is 4.79 Å². The molecule has 0 heterocycles. The van der Waals surface area contributed by atoms with Crippen LogP contribution in [0.2, 0.25) is 0 Å². The van der Waals surface area contributed by atoms with Crippen molar-refractivity contribution in [3.63, 3.8) is 0 Å². The van der Waals surface area contributed by atoms with Crippen LogP contribution >= 0.6 is 0 Å². The standard InChI is InChI=1S/C22H24O3/c1-16(2)15-24-14-13-18-5-7-19(8-6-18)20-9-11-21(12-10-20)25-22(23)17(3)4/h5-12H,1,3,13-15H2,2,4H3. The molecule has 0 radical (unpaired) electrons. The molecule has 0 N–H and O–H groups in total. The summed E-state index contributed by atoms with van der Waals surface area (Å²) in [4.78, 5) is 11.5. The first kappa shape index (κ1) is 18.7. The maximum atomic E-state index is 11.5. The highest BCUT2D eigenvalue weighted by Gasteiger charge is 2.05. The van der Waals surface area contributed by atoms with E-state index in [9.17, 15) is 4.79 Å². The predicted octanol–water partition coefficient (Wildman–Crippen LogP) is 4.97. The van der Waals surface area contributed by atoms with Crippen molar-refractivity contribution in [1.29, 1.82) is 0 Å². The van der Waals surface area contributed by atoms with Gasteiger partial charge in [0.2, 0.25) is 0 Å². The van der Waals surface area contributed by atoms with Gasteiger partial charge in [-0.2, -0.15) is 0 Å². The van der Waals surface area contributed by atoms with Gasteiger partial charge in [-0.15, -0.1) is 0 Å². The molecule has 0 saturated heterocycles. The van der Waals surface area contributed by atoms with Crippen LogP contribution in [-0.2, 0) is 16.0 Å². The van der Waals surface area contributed by atoms with E-state index >= 15 is 0 Å². The Morgan fingerprint density at radius 1 is 0.920 bits per heavy atom. The number of benzene rings is 2. The summed E-state index contributed by atoms with van der Waals surface area (Å²) in [6.45, 7) is 12.3. The molecule has 2 rings (SSSR count). The van der Waals surface area contributed by atoms with E-state index < -0.39 is 5.97 Å². The summed E-state index contributed by atoms with van der Waals surface area (Å²) >= 11 is 0. The Kier molecular flexibility index (Phi) is 6.72. The fraction of sp³-hybridized carbons (Fsp3) is 0.227. The molecule has 0 amide bonds. The smallest absolute Gasteiger partial charge is 0.338 e. The Labute approximate surface area is 149 Å². The second-order valence-corrected chi connectivity index (χ2v) is 6.15. The fourth-order valence-corrected chi connectivity index (χ4v) is 2.21.